The maximum Gasteiger partial charge on any atom is 0.311 e. The van der Waals surface area contributed by atoms with Gasteiger partial charge in [0.2, 0.25) is 11.8 Å². The Morgan fingerprint density at radius 1 is 1.14 bits per heavy atom. The summed E-state index contributed by atoms with van der Waals surface area (Å²) in [6, 6.07) is 0. The molecule has 3 aliphatic rings. The Balaban J connectivity index is 1.81. The molecule has 1 saturated carbocycles. The highest BCUT2D eigenvalue weighted by Gasteiger charge is 2.55. The Hall–Kier alpha value is -1.43. The molecule has 2 saturated heterocycles. The van der Waals surface area contributed by atoms with Crippen LogP contribution in [0.25, 0.3) is 0 Å². The first kappa shape index (κ1) is 14.5. The molecular formula is C15H21NO5. The third kappa shape index (κ3) is 2.25. The van der Waals surface area contributed by atoms with Crippen LogP contribution < -0.4 is 0 Å². The number of rotatable bonds is 3. The van der Waals surface area contributed by atoms with Gasteiger partial charge in [-0.2, -0.15) is 0 Å². The first-order valence-corrected chi connectivity index (χ1v) is 7.65. The van der Waals surface area contributed by atoms with Crippen molar-refractivity contribution in [1.29, 1.82) is 0 Å². The predicted octanol–water partition coefficient (Wildman–Crippen LogP) is 1.19. The maximum absolute atomic E-state index is 12.7. The summed E-state index contributed by atoms with van der Waals surface area (Å²) in [5.74, 6) is -1.27. The van der Waals surface area contributed by atoms with Crippen LogP contribution in [0.1, 0.15) is 44.9 Å². The normalized spacial score (nSPS) is 27.5. The Bertz CT molecular complexity index is 474. The van der Waals surface area contributed by atoms with E-state index >= 15 is 0 Å². The summed E-state index contributed by atoms with van der Waals surface area (Å²) in [5, 5.41) is 9.57. The minimum Gasteiger partial charge on any atom is -0.481 e. The molecule has 0 atom stereocenters. The van der Waals surface area contributed by atoms with E-state index in [9.17, 15) is 19.5 Å². The lowest BCUT2D eigenvalue weighted by Crippen LogP contribution is -2.49. The number of carboxylic acid groups (broad SMARTS) is 1. The number of amides is 2. The van der Waals surface area contributed by atoms with Crippen molar-refractivity contribution in [3.63, 3.8) is 0 Å². The smallest absolute Gasteiger partial charge is 0.311 e. The quantitative estimate of drug-likeness (QED) is 0.791. The van der Waals surface area contributed by atoms with Gasteiger partial charge < -0.3 is 9.84 Å². The van der Waals surface area contributed by atoms with Crippen molar-refractivity contribution in [2.45, 2.75) is 44.9 Å². The van der Waals surface area contributed by atoms with Gasteiger partial charge in [-0.3, -0.25) is 19.3 Å². The lowest BCUT2D eigenvalue weighted by molar-refractivity contribution is -0.159. The molecule has 6 heteroatoms. The van der Waals surface area contributed by atoms with Gasteiger partial charge in [-0.25, -0.2) is 0 Å². The summed E-state index contributed by atoms with van der Waals surface area (Å²) in [6.07, 6.45) is 4.45. The van der Waals surface area contributed by atoms with Crippen molar-refractivity contribution in [1.82, 2.24) is 4.90 Å². The number of hydrogen-bond acceptors (Lipinski definition) is 4. The van der Waals surface area contributed by atoms with Gasteiger partial charge in [0.05, 0.1) is 10.8 Å². The number of ether oxygens (including phenoxy) is 1. The minimum atomic E-state index is -1.03. The summed E-state index contributed by atoms with van der Waals surface area (Å²) >= 11 is 0. The SMILES string of the molecule is O=C1CC2(CCCC2)C(=O)N1CC1(C(=O)O)CCOCC1. The molecule has 3 rings (SSSR count). The summed E-state index contributed by atoms with van der Waals surface area (Å²) in [5.41, 5.74) is -1.56. The maximum atomic E-state index is 12.7. The number of carbonyl (C=O) groups is 3. The van der Waals surface area contributed by atoms with E-state index in [1.807, 2.05) is 0 Å². The molecule has 3 fully saturated rings. The molecule has 1 N–H and O–H groups in total. The zero-order valence-corrected chi connectivity index (χ0v) is 12.1. The van der Waals surface area contributed by atoms with Crippen LogP contribution in [0.3, 0.4) is 0 Å². The van der Waals surface area contributed by atoms with Gasteiger partial charge in [0.15, 0.2) is 0 Å². The Labute approximate surface area is 123 Å². The van der Waals surface area contributed by atoms with E-state index in [0.717, 1.165) is 25.7 Å². The van der Waals surface area contributed by atoms with Crippen LogP contribution in [0.2, 0.25) is 0 Å². The summed E-state index contributed by atoms with van der Waals surface area (Å²) in [4.78, 5) is 37.8. The molecule has 2 amide bonds. The van der Waals surface area contributed by atoms with Crippen molar-refractivity contribution in [3.8, 4) is 0 Å². The number of carboxylic acids is 1. The molecule has 1 aliphatic carbocycles. The largest absolute Gasteiger partial charge is 0.481 e. The molecule has 0 unspecified atom stereocenters. The second-order valence-electron chi connectivity index (χ2n) is 6.65. The van der Waals surface area contributed by atoms with Gasteiger partial charge in [0.1, 0.15) is 0 Å². The second kappa shape index (κ2) is 5.09. The molecule has 6 nitrogen and oxygen atoms in total. The van der Waals surface area contributed by atoms with E-state index in [0.29, 0.717) is 26.1 Å². The average Bonchev–Trinajstić information content (AvgIpc) is 3.02. The van der Waals surface area contributed by atoms with Crippen LogP contribution >= 0.6 is 0 Å². The van der Waals surface area contributed by atoms with E-state index < -0.39 is 16.8 Å². The van der Waals surface area contributed by atoms with Crippen molar-refractivity contribution < 1.29 is 24.2 Å². The first-order valence-electron chi connectivity index (χ1n) is 7.65. The summed E-state index contributed by atoms with van der Waals surface area (Å²) < 4.78 is 5.23. The van der Waals surface area contributed by atoms with Gasteiger partial charge in [-0.05, 0) is 25.7 Å². The zero-order valence-electron chi connectivity index (χ0n) is 12.1. The number of aliphatic carboxylic acids is 1. The van der Waals surface area contributed by atoms with Crippen LogP contribution in [0.15, 0.2) is 0 Å². The zero-order chi connectivity index (χ0) is 15.1. The Morgan fingerprint density at radius 2 is 1.76 bits per heavy atom. The highest BCUT2D eigenvalue weighted by Crippen LogP contribution is 2.48. The molecule has 0 aromatic carbocycles. The molecule has 0 aromatic rings. The molecule has 1 spiro atoms. The standard InChI is InChI=1S/C15H21NO5/c17-11-9-14(3-1-2-4-14)12(18)16(11)10-15(13(19)20)5-7-21-8-6-15/h1-10H2,(H,19,20). The Morgan fingerprint density at radius 3 is 2.33 bits per heavy atom. The molecule has 116 valence electrons. The fourth-order valence-electron chi connectivity index (χ4n) is 3.97. The minimum absolute atomic E-state index is 0.00507. The second-order valence-corrected chi connectivity index (χ2v) is 6.65. The van der Waals surface area contributed by atoms with Gasteiger partial charge in [-0.1, -0.05) is 12.8 Å². The van der Waals surface area contributed by atoms with E-state index in [-0.39, 0.29) is 24.8 Å². The van der Waals surface area contributed by atoms with E-state index in [1.54, 1.807) is 0 Å². The van der Waals surface area contributed by atoms with Crippen molar-refractivity contribution in [2.24, 2.45) is 10.8 Å². The van der Waals surface area contributed by atoms with Crippen LogP contribution in [0.4, 0.5) is 0 Å². The van der Waals surface area contributed by atoms with Gasteiger partial charge in [-0.15, -0.1) is 0 Å². The number of likely N-dealkylation sites (tertiary alicyclic amines) is 1. The van der Waals surface area contributed by atoms with Gasteiger partial charge >= 0.3 is 5.97 Å². The van der Waals surface area contributed by atoms with Crippen LogP contribution in [0.5, 0.6) is 0 Å². The fraction of sp³-hybridized carbons (Fsp3) is 0.800. The van der Waals surface area contributed by atoms with Crippen LogP contribution in [-0.4, -0.2) is 47.5 Å². The highest BCUT2D eigenvalue weighted by molar-refractivity contribution is 6.06. The average molecular weight is 295 g/mol. The number of imide groups is 1. The highest BCUT2D eigenvalue weighted by atomic mass is 16.5. The number of nitrogens with zero attached hydrogens (tertiary/aromatic N) is 1. The van der Waals surface area contributed by atoms with E-state index in [2.05, 4.69) is 0 Å². The van der Waals surface area contributed by atoms with Crippen molar-refractivity contribution in [2.75, 3.05) is 19.8 Å². The van der Waals surface area contributed by atoms with Gasteiger partial charge in [0.25, 0.3) is 0 Å². The van der Waals surface area contributed by atoms with E-state index in [1.165, 1.54) is 4.90 Å². The summed E-state index contributed by atoms with van der Waals surface area (Å²) in [7, 11) is 0. The first-order chi connectivity index (χ1) is 9.99. The summed E-state index contributed by atoms with van der Waals surface area (Å²) in [6.45, 7) is 0.742. The lowest BCUT2D eigenvalue weighted by atomic mass is 9.79. The molecule has 0 bridgehead atoms. The van der Waals surface area contributed by atoms with Crippen molar-refractivity contribution in [3.05, 3.63) is 0 Å². The fourth-order valence-corrected chi connectivity index (χ4v) is 3.97. The predicted molar refractivity (Wildman–Crippen MR) is 72.4 cm³/mol. The molecular weight excluding hydrogens is 274 g/mol. The van der Waals surface area contributed by atoms with Crippen molar-refractivity contribution >= 4 is 17.8 Å². The monoisotopic (exact) mass is 295 g/mol. The molecule has 2 aliphatic heterocycles. The number of carbonyl (C=O) groups excluding carboxylic acids is 2. The Kier molecular flexibility index (Phi) is 3.51. The van der Waals surface area contributed by atoms with Crippen LogP contribution in [-0.2, 0) is 19.1 Å². The lowest BCUT2D eigenvalue weighted by Gasteiger charge is -2.36. The number of hydrogen-bond donors (Lipinski definition) is 1. The molecule has 2 heterocycles. The topological polar surface area (TPSA) is 83.9 Å². The third-order valence-electron chi connectivity index (χ3n) is 5.41. The molecule has 0 radical (unpaired) electrons. The van der Waals surface area contributed by atoms with Crippen LogP contribution in [0, 0.1) is 10.8 Å². The van der Waals surface area contributed by atoms with E-state index in [4.69, 9.17) is 4.74 Å². The van der Waals surface area contributed by atoms with Gasteiger partial charge in [0, 0.05) is 26.2 Å². The molecule has 0 aromatic heterocycles. The third-order valence-corrected chi connectivity index (χ3v) is 5.41. The molecule has 21 heavy (non-hydrogen) atoms.